The molecule has 0 atom stereocenters. The van der Waals surface area contributed by atoms with Crippen LogP contribution in [0, 0.1) is 0 Å². The number of imidazole rings is 1. The summed E-state index contributed by atoms with van der Waals surface area (Å²) in [4.78, 5) is 4.42. The highest BCUT2D eigenvalue weighted by Gasteiger charge is 2.09. The van der Waals surface area contributed by atoms with Crippen LogP contribution in [0.1, 0.15) is 59.1 Å². The van der Waals surface area contributed by atoms with Gasteiger partial charge in [-0.1, -0.05) is 26.2 Å². The van der Waals surface area contributed by atoms with E-state index in [1.165, 1.54) is 25.7 Å². The lowest BCUT2D eigenvalue weighted by molar-refractivity contribution is 0.421. The average molecular weight is 237 g/mol. The van der Waals surface area contributed by atoms with Gasteiger partial charge in [0.2, 0.25) is 0 Å². The van der Waals surface area contributed by atoms with Crippen molar-refractivity contribution in [3.05, 3.63) is 18.2 Å². The highest BCUT2D eigenvalue weighted by atomic mass is 15.1. The molecule has 98 valence electrons. The number of aromatic nitrogens is 2. The van der Waals surface area contributed by atoms with Crippen LogP contribution < -0.4 is 5.32 Å². The first-order chi connectivity index (χ1) is 8.01. The van der Waals surface area contributed by atoms with Crippen LogP contribution in [0.15, 0.2) is 12.5 Å². The minimum absolute atomic E-state index is 0.158. The summed E-state index contributed by atoms with van der Waals surface area (Å²) in [6.07, 6.45) is 9.33. The van der Waals surface area contributed by atoms with E-state index in [4.69, 9.17) is 0 Å². The number of unbranched alkanes of at least 4 members (excludes halogenated alkanes) is 3. The van der Waals surface area contributed by atoms with Crippen LogP contribution in [-0.4, -0.2) is 15.1 Å². The Kier molecular flexibility index (Phi) is 5.69. The lowest BCUT2D eigenvalue weighted by atomic mass is 10.1. The van der Waals surface area contributed by atoms with Crippen LogP contribution >= 0.6 is 0 Å². The van der Waals surface area contributed by atoms with E-state index in [-0.39, 0.29) is 5.54 Å². The van der Waals surface area contributed by atoms with Gasteiger partial charge in [-0.15, -0.1) is 0 Å². The molecule has 0 aliphatic carbocycles. The van der Waals surface area contributed by atoms with Crippen molar-refractivity contribution in [1.82, 2.24) is 14.9 Å². The molecule has 1 N–H and O–H groups in total. The van der Waals surface area contributed by atoms with Gasteiger partial charge < -0.3 is 9.88 Å². The second-order valence-corrected chi connectivity index (χ2v) is 5.77. The van der Waals surface area contributed by atoms with E-state index in [1.54, 1.807) is 0 Å². The predicted octanol–water partition coefficient (Wildman–Crippen LogP) is 3.35. The zero-order valence-corrected chi connectivity index (χ0v) is 11.8. The number of rotatable bonds is 7. The Labute approximate surface area is 106 Å². The fourth-order valence-electron chi connectivity index (χ4n) is 1.70. The molecular formula is C14H27N3. The molecule has 1 rings (SSSR count). The van der Waals surface area contributed by atoms with Gasteiger partial charge in [0.15, 0.2) is 0 Å². The molecule has 1 heterocycles. The van der Waals surface area contributed by atoms with Crippen molar-refractivity contribution < 1.29 is 0 Å². The Balaban J connectivity index is 2.28. The zero-order chi connectivity index (χ0) is 12.7. The van der Waals surface area contributed by atoms with E-state index >= 15 is 0 Å². The van der Waals surface area contributed by atoms with Crippen LogP contribution in [0.5, 0.6) is 0 Å². The first-order valence-electron chi connectivity index (χ1n) is 6.77. The van der Waals surface area contributed by atoms with Crippen LogP contribution in [0.2, 0.25) is 0 Å². The highest BCUT2D eigenvalue weighted by Crippen LogP contribution is 2.05. The van der Waals surface area contributed by atoms with Crippen molar-refractivity contribution in [1.29, 1.82) is 0 Å². The smallest absolute Gasteiger partial charge is 0.0949 e. The molecule has 17 heavy (non-hydrogen) atoms. The van der Waals surface area contributed by atoms with Gasteiger partial charge in [0.05, 0.1) is 12.0 Å². The number of hydrogen-bond acceptors (Lipinski definition) is 2. The molecule has 1 aromatic heterocycles. The van der Waals surface area contributed by atoms with Gasteiger partial charge >= 0.3 is 0 Å². The quantitative estimate of drug-likeness (QED) is 0.737. The molecule has 3 heteroatoms. The summed E-state index contributed by atoms with van der Waals surface area (Å²) < 4.78 is 2.20. The number of nitrogens with one attached hydrogen (secondary N) is 1. The number of nitrogens with zero attached hydrogens (tertiary/aromatic N) is 2. The highest BCUT2D eigenvalue weighted by molar-refractivity contribution is 4.97. The molecule has 0 radical (unpaired) electrons. The van der Waals surface area contributed by atoms with Crippen LogP contribution in [0.3, 0.4) is 0 Å². The van der Waals surface area contributed by atoms with Crippen LogP contribution in [-0.2, 0) is 13.1 Å². The van der Waals surface area contributed by atoms with E-state index in [0.29, 0.717) is 0 Å². The maximum atomic E-state index is 4.42. The molecule has 0 aromatic carbocycles. The zero-order valence-electron chi connectivity index (χ0n) is 11.8. The van der Waals surface area contributed by atoms with Gasteiger partial charge in [-0.2, -0.15) is 0 Å². The Bertz CT molecular complexity index is 310. The second kappa shape index (κ2) is 6.80. The molecular weight excluding hydrogens is 210 g/mol. The minimum atomic E-state index is 0.158. The third-order valence-corrected chi connectivity index (χ3v) is 2.76. The third kappa shape index (κ3) is 6.47. The molecule has 0 aliphatic rings. The van der Waals surface area contributed by atoms with Gasteiger partial charge in [-0.25, -0.2) is 4.98 Å². The maximum Gasteiger partial charge on any atom is 0.0949 e. The monoisotopic (exact) mass is 237 g/mol. The molecule has 3 nitrogen and oxygen atoms in total. The molecule has 0 amide bonds. The van der Waals surface area contributed by atoms with Gasteiger partial charge in [0.25, 0.3) is 0 Å². The van der Waals surface area contributed by atoms with Crippen molar-refractivity contribution >= 4 is 0 Å². The Morgan fingerprint density at radius 3 is 2.65 bits per heavy atom. The summed E-state index contributed by atoms with van der Waals surface area (Å²) in [5.41, 5.74) is 1.29. The fraction of sp³-hybridized carbons (Fsp3) is 0.786. The lowest BCUT2D eigenvalue weighted by Crippen LogP contribution is -2.35. The summed E-state index contributed by atoms with van der Waals surface area (Å²) >= 11 is 0. The first kappa shape index (κ1) is 14.2. The van der Waals surface area contributed by atoms with Gasteiger partial charge in [0.1, 0.15) is 0 Å². The predicted molar refractivity (Wildman–Crippen MR) is 73.0 cm³/mol. The van der Waals surface area contributed by atoms with Gasteiger partial charge in [-0.05, 0) is 27.2 Å². The number of aryl methyl sites for hydroxylation is 1. The summed E-state index contributed by atoms with van der Waals surface area (Å²) in [6, 6.07) is 0. The molecule has 1 aromatic rings. The lowest BCUT2D eigenvalue weighted by Gasteiger charge is -2.19. The molecule has 0 bridgehead atoms. The summed E-state index contributed by atoms with van der Waals surface area (Å²) in [6.45, 7) is 10.7. The topological polar surface area (TPSA) is 29.9 Å². The molecule has 0 aliphatic heterocycles. The van der Waals surface area contributed by atoms with E-state index in [0.717, 1.165) is 18.8 Å². The molecule has 0 fully saturated rings. The van der Waals surface area contributed by atoms with Crippen molar-refractivity contribution in [2.24, 2.45) is 0 Å². The van der Waals surface area contributed by atoms with Crippen molar-refractivity contribution in [3.8, 4) is 0 Å². The van der Waals surface area contributed by atoms with E-state index in [2.05, 4.69) is 48.8 Å². The van der Waals surface area contributed by atoms with E-state index < -0.39 is 0 Å². The maximum absolute atomic E-state index is 4.42. The SMILES string of the molecule is CCCCCCn1cnc(CNC(C)(C)C)c1. The van der Waals surface area contributed by atoms with E-state index in [9.17, 15) is 0 Å². The minimum Gasteiger partial charge on any atom is -0.337 e. The normalized spacial score (nSPS) is 12.0. The Morgan fingerprint density at radius 2 is 2.00 bits per heavy atom. The molecule has 0 spiro atoms. The Hall–Kier alpha value is -0.830. The van der Waals surface area contributed by atoms with E-state index in [1.807, 2.05) is 6.33 Å². The standard InChI is InChI=1S/C14H27N3/c1-5-6-7-8-9-17-11-13(15-12-17)10-16-14(2,3)4/h11-12,16H,5-10H2,1-4H3. The average Bonchev–Trinajstić information content (AvgIpc) is 2.69. The molecule has 0 saturated carbocycles. The fourth-order valence-corrected chi connectivity index (χ4v) is 1.70. The van der Waals surface area contributed by atoms with Crippen LogP contribution in [0.25, 0.3) is 0 Å². The van der Waals surface area contributed by atoms with Gasteiger partial charge in [-0.3, -0.25) is 0 Å². The molecule has 0 saturated heterocycles. The third-order valence-electron chi connectivity index (χ3n) is 2.76. The van der Waals surface area contributed by atoms with Crippen molar-refractivity contribution in [3.63, 3.8) is 0 Å². The summed E-state index contributed by atoms with van der Waals surface area (Å²) in [5.74, 6) is 0. The van der Waals surface area contributed by atoms with Crippen molar-refractivity contribution in [2.75, 3.05) is 0 Å². The van der Waals surface area contributed by atoms with Gasteiger partial charge in [0, 0.05) is 24.8 Å². The molecule has 0 unspecified atom stereocenters. The Morgan fingerprint density at radius 1 is 1.24 bits per heavy atom. The second-order valence-electron chi connectivity index (χ2n) is 5.77. The van der Waals surface area contributed by atoms with Crippen LogP contribution in [0.4, 0.5) is 0 Å². The summed E-state index contributed by atoms with van der Waals surface area (Å²) in [7, 11) is 0. The number of hydrogen-bond donors (Lipinski definition) is 1. The van der Waals surface area contributed by atoms with Crippen molar-refractivity contribution in [2.45, 2.75) is 72.0 Å². The summed E-state index contributed by atoms with van der Waals surface area (Å²) in [5, 5.41) is 3.45. The largest absolute Gasteiger partial charge is 0.337 e. The first-order valence-corrected chi connectivity index (χ1v) is 6.77.